The number of nitrogens with zero attached hydrogens (tertiary/aromatic N) is 2. The van der Waals surface area contributed by atoms with Crippen LogP contribution in [0.3, 0.4) is 0 Å². The summed E-state index contributed by atoms with van der Waals surface area (Å²) in [4.78, 5) is 18.3. The number of alkyl halides is 3. The summed E-state index contributed by atoms with van der Waals surface area (Å²) in [5, 5.41) is 0.000702. The standard InChI is InChI=1S/C18H17F3N2OS/c1-12(25-16-7-6-15(10-22-16)18(19,20)21)17(24)23-9-8-13-4-2-3-5-14(13)11-23/h2-7,10,12H,8-9,11H2,1H3/t12-/m1/s1. The van der Waals surface area contributed by atoms with Crippen LogP contribution in [0, 0.1) is 0 Å². The fourth-order valence-electron chi connectivity index (χ4n) is 2.79. The molecule has 3 rings (SSSR count). The predicted molar refractivity (Wildman–Crippen MR) is 90.1 cm³/mol. The Hall–Kier alpha value is -2.02. The molecular formula is C18H17F3N2OS. The molecule has 0 fully saturated rings. The molecule has 0 saturated carbocycles. The number of benzene rings is 1. The molecule has 2 aromatic rings. The lowest BCUT2D eigenvalue weighted by molar-refractivity contribution is -0.138. The van der Waals surface area contributed by atoms with Crippen LogP contribution in [0.5, 0.6) is 0 Å². The van der Waals surface area contributed by atoms with Gasteiger partial charge in [-0.15, -0.1) is 0 Å². The summed E-state index contributed by atoms with van der Waals surface area (Å²) >= 11 is 1.18. The summed E-state index contributed by atoms with van der Waals surface area (Å²) in [6.45, 7) is 2.98. The third-order valence-corrected chi connectivity index (χ3v) is 5.19. The van der Waals surface area contributed by atoms with E-state index in [9.17, 15) is 18.0 Å². The summed E-state index contributed by atoms with van der Waals surface area (Å²) in [5.41, 5.74) is 1.62. The van der Waals surface area contributed by atoms with Crippen molar-refractivity contribution < 1.29 is 18.0 Å². The Morgan fingerprint density at radius 1 is 1.20 bits per heavy atom. The lowest BCUT2D eigenvalue weighted by atomic mass is 10.00. The number of halogens is 3. The number of fused-ring (bicyclic) bond motifs is 1. The van der Waals surface area contributed by atoms with Crippen molar-refractivity contribution in [2.75, 3.05) is 6.54 Å². The van der Waals surface area contributed by atoms with Crippen molar-refractivity contribution in [2.24, 2.45) is 0 Å². The summed E-state index contributed by atoms with van der Waals surface area (Å²) in [6.07, 6.45) is -2.78. The SMILES string of the molecule is C[C@@H](Sc1ccc(C(F)(F)F)cn1)C(=O)N1CCc2ccccc2C1. The first-order chi connectivity index (χ1) is 11.8. The van der Waals surface area contributed by atoms with E-state index in [2.05, 4.69) is 11.1 Å². The molecule has 132 valence electrons. The Labute approximate surface area is 148 Å². The van der Waals surface area contributed by atoms with Gasteiger partial charge in [0.25, 0.3) is 0 Å². The summed E-state index contributed by atoms with van der Waals surface area (Å²) in [6, 6.07) is 10.3. The minimum atomic E-state index is -4.40. The smallest absolute Gasteiger partial charge is 0.337 e. The second-order valence-electron chi connectivity index (χ2n) is 5.92. The molecule has 0 spiro atoms. The average Bonchev–Trinajstić information content (AvgIpc) is 2.60. The van der Waals surface area contributed by atoms with Gasteiger partial charge in [0.2, 0.25) is 5.91 Å². The van der Waals surface area contributed by atoms with Gasteiger partial charge in [0, 0.05) is 19.3 Å². The van der Waals surface area contributed by atoms with E-state index in [0.717, 1.165) is 24.2 Å². The second kappa shape index (κ2) is 7.07. The average molecular weight is 366 g/mol. The largest absolute Gasteiger partial charge is 0.417 e. The first kappa shape index (κ1) is 17.8. The lowest BCUT2D eigenvalue weighted by Crippen LogP contribution is -2.40. The molecular weight excluding hydrogens is 349 g/mol. The molecule has 1 amide bonds. The molecule has 25 heavy (non-hydrogen) atoms. The zero-order valence-corrected chi connectivity index (χ0v) is 14.4. The normalized spacial score (nSPS) is 15.6. The quantitative estimate of drug-likeness (QED) is 0.765. The van der Waals surface area contributed by atoms with E-state index < -0.39 is 17.0 Å². The highest BCUT2D eigenvalue weighted by atomic mass is 32.2. The van der Waals surface area contributed by atoms with Gasteiger partial charge < -0.3 is 4.90 Å². The molecule has 1 aromatic carbocycles. The fraction of sp³-hybridized carbons (Fsp3) is 0.333. The van der Waals surface area contributed by atoms with Crippen LogP contribution in [0.15, 0.2) is 47.6 Å². The van der Waals surface area contributed by atoms with Gasteiger partial charge in [-0.3, -0.25) is 4.79 Å². The second-order valence-corrected chi connectivity index (χ2v) is 7.28. The number of thioether (sulfide) groups is 1. The van der Waals surface area contributed by atoms with Gasteiger partial charge in [-0.25, -0.2) is 4.98 Å². The Kier molecular flexibility index (Phi) is 5.03. The molecule has 0 unspecified atom stereocenters. The van der Waals surface area contributed by atoms with Crippen LogP contribution < -0.4 is 0 Å². The lowest BCUT2D eigenvalue weighted by Gasteiger charge is -2.30. The van der Waals surface area contributed by atoms with Gasteiger partial charge in [-0.05, 0) is 36.6 Å². The van der Waals surface area contributed by atoms with E-state index in [4.69, 9.17) is 0 Å². The Morgan fingerprint density at radius 3 is 2.56 bits per heavy atom. The molecule has 2 heterocycles. The van der Waals surface area contributed by atoms with Gasteiger partial charge in [0.15, 0.2) is 0 Å². The van der Waals surface area contributed by atoms with Gasteiger partial charge in [-0.2, -0.15) is 13.2 Å². The van der Waals surface area contributed by atoms with Gasteiger partial charge in [-0.1, -0.05) is 36.0 Å². The molecule has 0 aliphatic carbocycles. The van der Waals surface area contributed by atoms with Crippen molar-refractivity contribution in [1.29, 1.82) is 0 Å². The first-order valence-electron chi connectivity index (χ1n) is 7.90. The van der Waals surface area contributed by atoms with Crippen molar-refractivity contribution >= 4 is 17.7 Å². The molecule has 3 nitrogen and oxygen atoms in total. The maximum atomic E-state index is 12.6. The number of aromatic nitrogens is 1. The number of hydrogen-bond donors (Lipinski definition) is 0. The monoisotopic (exact) mass is 366 g/mol. The van der Waals surface area contributed by atoms with Crippen molar-refractivity contribution in [3.63, 3.8) is 0 Å². The van der Waals surface area contributed by atoms with E-state index in [-0.39, 0.29) is 5.91 Å². The van der Waals surface area contributed by atoms with Crippen LogP contribution in [-0.2, 0) is 23.9 Å². The molecule has 1 atom stereocenters. The minimum Gasteiger partial charge on any atom is -0.337 e. The third kappa shape index (κ3) is 4.15. The van der Waals surface area contributed by atoms with Crippen molar-refractivity contribution in [3.8, 4) is 0 Å². The highest BCUT2D eigenvalue weighted by Gasteiger charge is 2.31. The highest BCUT2D eigenvalue weighted by Crippen LogP contribution is 2.31. The number of pyridine rings is 1. The first-order valence-corrected chi connectivity index (χ1v) is 8.78. The number of carbonyl (C=O) groups excluding carboxylic acids is 1. The van der Waals surface area contributed by atoms with Gasteiger partial charge >= 0.3 is 6.18 Å². The molecule has 1 aliphatic heterocycles. The highest BCUT2D eigenvalue weighted by molar-refractivity contribution is 8.00. The van der Waals surface area contributed by atoms with Crippen LogP contribution in [0.2, 0.25) is 0 Å². The molecule has 7 heteroatoms. The summed E-state index contributed by atoms with van der Waals surface area (Å²) in [5.74, 6) is -0.0267. The fourth-order valence-corrected chi connectivity index (χ4v) is 3.66. The summed E-state index contributed by atoms with van der Waals surface area (Å²) < 4.78 is 37.7. The molecule has 0 N–H and O–H groups in total. The number of hydrogen-bond acceptors (Lipinski definition) is 3. The molecule has 1 aliphatic rings. The Balaban J connectivity index is 1.63. The Bertz CT molecular complexity index is 762. The van der Waals surface area contributed by atoms with E-state index in [1.165, 1.54) is 23.4 Å². The van der Waals surface area contributed by atoms with E-state index in [1.54, 1.807) is 11.8 Å². The molecule has 0 bridgehead atoms. The van der Waals surface area contributed by atoms with E-state index >= 15 is 0 Å². The molecule has 1 aromatic heterocycles. The zero-order chi connectivity index (χ0) is 18.0. The van der Waals surface area contributed by atoms with Gasteiger partial charge in [0.1, 0.15) is 0 Å². The number of carbonyl (C=O) groups is 1. The number of amides is 1. The minimum absolute atomic E-state index is 0.0267. The van der Waals surface area contributed by atoms with E-state index in [1.807, 2.05) is 18.2 Å². The van der Waals surface area contributed by atoms with Crippen LogP contribution in [0.4, 0.5) is 13.2 Å². The van der Waals surface area contributed by atoms with Crippen LogP contribution in [0.1, 0.15) is 23.6 Å². The predicted octanol–water partition coefficient (Wildman–Crippen LogP) is 4.17. The Morgan fingerprint density at radius 2 is 1.92 bits per heavy atom. The molecule has 0 saturated heterocycles. The number of rotatable bonds is 3. The van der Waals surface area contributed by atoms with Crippen molar-refractivity contribution in [2.45, 2.75) is 36.3 Å². The van der Waals surface area contributed by atoms with Crippen LogP contribution in [-0.4, -0.2) is 27.6 Å². The van der Waals surface area contributed by atoms with Gasteiger partial charge in [0.05, 0.1) is 15.8 Å². The van der Waals surface area contributed by atoms with Crippen molar-refractivity contribution in [1.82, 2.24) is 9.88 Å². The van der Waals surface area contributed by atoms with E-state index in [0.29, 0.717) is 18.1 Å². The topological polar surface area (TPSA) is 33.2 Å². The maximum absolute atomic E-state index is 12.6. The summed E-state index contributed by atoms with van der Waals surface area (Å²) in [7, 11) is 0. The van der Waals surface area contributed by atoms with Crippen LogP contribution >= 0.6 is 11.8 Å². The maximum Gasteiger partial charge on any atom is 0.417 e. The molecule has 0 radical (unpaired) electrons. The third-order valence-electron chi connectivity index (χ3n) is 4.15. The van der Waals surface area contributed by atoms with Crippen LogP contribution in [0.25, 0.3) is 0 Å². The van der Waals surface area contributed by atoms with Crippen molar-refractivity contribution in [3.05, 3.63) is 59.3 Å². The zero-order valence-electron chi connectivity index (χ0n) is 13.6.